The molecule has 5 heteroatoms. The zero-order valence-electron chi connectivity index (χ0n) is 9.49. The molecule has 1 N–H and O–H groups in total. The van der Waals surface area contributed by atoms with E-state index in [-0.39, 0.29) is 6.09 Å². The summed E-state index contributed by atoms with van der Waals surface area (Å²) in [5.41, 5.74) is 0.150. The molecule has 1 aliphatic rings. The van der Waals surface area contributed by atoms with E-state index in [1.54, 1.807) is 4.90 Å². The monoisotopic (exact) mass is 214 g/mol. The second kappa shape index (κ2) is 4.51. The SMILES string of the molecule is CC(C)(C)OC(=O)N1CCCC(=NO)C1. The lowest BCUT2D eigenvalue weighted by Gasteiger charge is -2.30. The van der Waals surface area contributed by atoms with Crippen LogP contribution in [-0.2, 0) is 4.74 Å². The van der Waals surface area contributed by atoms with Crippen LogP contribution in [0.25, 0.3) is 0 Å². The molecule has 1 saturated heterocycles. The van der Waals surface area contributed by atoms with Gasteiger partial charge in [0.2, 0.25) is 0 Å². The zero-order valence-corrected chi connectivity index (χ0v) is 9.49. The second-order valence-electron chi connectivity index (χ2n) is 4.67. The van der Waals surface area contributed by atoms with E-state index in [9.17, 15) is 4.79 Å². The molecule has 1 heterocycles. The van der Waals surface area contributed by atoms with Crippen molar-refractivity contribution in [1.29, 1.82) is 0 Å². The van der Waals surface area contributed by atoms with Gasteiger partial charge in [0, 0.05) is 6.54 Å². The first kappa shape index (κ1) is 11.8. The third-order valence-electron chi connectivity index (χ3n) is 2.06. The number of hydrogen-bond donors (Lipinski definition) is 1. The van der Waals surface area contributed by atoms with Gasteiger partial charge in [-0.1, -0.05) is 5.16 Å². The van der Waals surface area contributed by atoms with Crippen LogP contribution >= 0.6 is 0 Å². The first-order chi connectivity index (χ1) is 6.92. The number of rotatable bonds is 0. The molecular formula is C10H18N2O3. The molecule has 1 rings (SSSR count). The Morgan fingerprint density at radius 1 is 1.53 bits per heavy atom. The number of likely N-dealkylation sites (tertiary alicyclic amines) is 1. The lowest BCUT2D eigenvalue weighted by molar-refractivity contribution is 0.0265. The number of amides is 1. The highest BCUT2D eigenvalue weighted by Crippen LogP contribution is 2.13. The van der Waals surface area contributed by atoms with Crippen molar-refractivity contribution in [2.45, 2.75) is 39.2 Å². The Hall–Kier alpha value is -1.26. The van der Waals surface area contributed by atoms with Crippen LogP contribution < -0.4 is 0 Å². The molecule has 0 bridgehead atoms. The number of nitrogens with zero attached hydrogens (tertiary/aromatic N) is 2. The van der Waals surface area contributed by atoms with Gasteiger partial charge in [0.05, 0.1) is 12.3 Å². The molecule has 0 aliphatic carbocycles. The lowest BCUT2D eigenvalue weighted by Crippen LogP contribution is -2.43. The minimum Gasteiger partial charge on any atom is -0.444 e. The summed E-state index contributed by atoms with van der Waals surface area (Å²) in [5.74, 6) is 0. The van der Waals surface area contributed by atoms with Gasteiger partial charge in [-0.15, -0.1) is 0 Å². The molecule has 0 spiro atoms. The van der Waals surface area contributed by atoms with Crippen molar-refractivity contribution in [3.05, 3.63) is 0 Å². The maximum atomic E-state index is 11.6. The van der Waals surface area contributed by atoms with E-state index in [1.807, 2.05) is 20.8 Å². The number of carbonyl (C=O) groups is 1. The molecule has 0 unspecified atom stereocenters. The Bertz CT molecular complexity index is 268. The third-order valence-corrected chi connectivity index (χ3v) is 2.06. The summed E-state index contributed by atoms with van der Waals surface area (Å²) >= 11 is 0. The van der Waals surface area contributed by atoms with Crippen LogP contribution in [0.3, 0.4) is 0 Å². The lowest BCUT2D eigenvalue weighted by atomic mass is 10.1. The number of carbonyl (C=O) groups excluding carboxylic acids is 1. The van der Waals surface area contributed by atoms with Crippen LogP contribution in [0.4, 0.5) is 4.79 Å². The summed E-state index contributed by atoms with van der Waals surface area (Å²) in [6.07, 6.45) is 1.22. The molecule has 5 nitrogen and oxygen atoms in total. The Kier molecular flexibility index (Phi) is 3.55. The molecule has 0 aromatic heterocycles. The van der Waals surface area contributed by atoms with Crippen LogP contribution in [-0.4, -0.2) is 40.6 Å². The highest BCUT2D eigenvalue weighted by atomic mass is 16.6. The fourth-order valence-electron chi connectivity index (χ4n) is 1.42. The van der Waals surface area contributed by atoms with E-state index in [0.29, 0.717) is 18.8 Å². The van der Waals surface area contributed by atoms with Gasteiger partial charge in [-0.25, -0.2) is 4.79 Å². The number of ether oxygens (including phenoxy) is 1. The van der Waals surface area contributed by atoms with Crippen molar-refractivity contribution in [2.75, 3.05) is 13.1 Å². The van der Waals surface area contributed by atoms with Crippen LogP contribution in [0.2, 0.25) is 0 Å². The molecule has 0 aromatic rings. The smallest absolute Gasteiger partial charge is 0.410 e. The number of hydrogen-bond acceptors (Lipinski definition) is 4. The van der Waals surface area contributed by atoms with Crippen molar-refractivity contribution in [3.8, 4) is 0 Å². The standard InChI is InChI=1S/C10H18N2O3/c1-10(2,3)15-9(13)12-6-4-5-8(7-12)11-14/h14H,4-7H2,1-3H3. The third kappa shape index (κ3) is 3.77. The Labute approximate surface area is 89.7 Å². The molecule has 1 aliphatic heterocycles. The summed E-state index contributed by atoms with van der Waals surface area (Å²) in [5, 5.41) is 11.8. The zero-order chi connectivity index (χ0) is 11.5. The van der Waals surface area contributed by atoms with Crippen molar-refractivity contribution < 1.29 is 14.7 Å². The molecule has 1 fully saturated rings. The Morgan fingerprint density at radius 3 is 2.73 bits per heavy atom. The van der Waals surface area contributed by atoms with E-state index in [0.717, 1.165) is 12.8 Å². The normalized spacial score (nSPS) is 20.5. The number of oxime groups is 1. The first-order valence-corrected chi connectivity index (χ1v) is 5.10. The van der Waals surface area contributed by atoms with Crippen LogP contribution in [0.15, 0.2) is 5.16 Å². The molecule has 1 amide bonds. The Morgan fingerprint density at radius 2 is 2.20 bits per heavy atom. The minimum absolute atomic E-state index is 0.344. The predicted molar refractivity (Wildman–Crippen MR) is 56.3 cm³/mol. The number of piperidine rings is 1. The average molecular weight is 214 g/mol. The summed E-state index contributed by atoms with van der Waals surface area (Å²) < 4.78 is 5.22. The van der Waals surface area contributed by atoms with E-state index < -0.39 is 5.60 Å². The van der Waals surface area contributed by atoms with Gasteiger partial charge in [-0.2, -0.15) is 0 Å². The highest BCUT2D eigenvalue weighted by molar-refractivity contribution is 5.89. The second-order valence-corrected chi connectivity index (χ2v) is 4.67. The molecule has 0 aromatic carbocycles. The van der Waals surface area contributed by atoms with Crippen LogP contribution in [0.1, 0.15) is 33.6 Å². The van der Waals surface area contributed by atoms with Gasteiger partial charge in [-0.05, 0) is 33.6 Å². The first-order valence-electron chi connectivity index (χ1n) is 5.10. The molecular weight excluding hydrogens is 196 g/mol. The summed E-state index contributed by atoms with van der Waals surface area (Å²) in [4.78, 5) is 13.2. The maximum Gasteiger partial charge on any atom is 0.410 e. The topological polar surface area (TPSA) is 62.1 Å². The minimum atomic E-state index is -0.481. The van der Waals surface area contributed by atoms with Crippen molar-refractivity contribution in [2.24, 2.45) is 5.16 Å². The van der Waals surface area contributed by atoms with Gasteiger partial charge in [0.15, 0.2) is 0 Å². The van der Waals surface area contributed by atoms with Crippen LogP contribution in [0.5, 0.6) is 0 Å². The van der Waals surface area contributed by atoms with Gasteiger partial charge in [0.25, 0.3) is 0 Å². The van der Waals surface area contributed by atoms with E-state index >= 15 is 0 Å². The molecule has 0 radical (unpaired) electrons. The van der Waals surface area contributed by atoms with Gasteiger partial charge < -0.3 is 14.8 Å². The molecule has 86 valence electrons. The quantitative estimate of drug-likeness (QED) is 0.494. The fourth-order valence-corrected chi connectivity index (χ4v) is 1.42. The highest BCUT2D eigenvalue weighted by Gasteiger charge is 2.25. The van der Waals surface area contributed by atoms with Gasteiger partial charge >= 0.3 is 6.09 Å². The van der Waals surface area contributed by atoms with Crippen molar-refractivity contribution >= 4 is 11.8 Å². The average Bonchev–Trinajstić information content (AvgIpc) is 2.15. The maximum absolute atomic E-state index is 11.6. The Balaban J connectivity index is 2.53. The van der Waals surface area contributed by atoms with Crippen molar-refractivity contribution in [3.63, 3.8) is 0 Å². The summed E-state index contributed by atoms with van der Waals surface area (Å²) in [6, 6.07) is 0. The van der Waals surface area contributed by atoms with Crippen molar-refractivity contribution in [1.82, 2.24) is 4.90 Å². The fraction of sp³-hybridized carbons (Fsp3) is 0.800. The van der Waals surface area contributed by atoms with E-state index in [4.69, 9.17) is 9.94 Å². The largest absolute Gasteiger partial charge is 0.444 e. The summed E-state index contributed by atoms with van der Waals surface area (Å²) in [7, 11) is 0. The predicted octanol–water partition coefficient (Wildman–Crippen LogP) is 1.85. The van der Waals surface area contributed by atoms with E-state index in [1.165, 1.54) is 0 Å². The molecule has 0 atom stereocenters. The van der Waals surface area contributed by atoms with E-state index in [2.05, 4.69) is 5.16 Å². The van der Waals surface area contributed by atoms with Gasteiger partial charge in [0.1, 0.15) is 5.60 Å². The van der Waals surface area contributed by atoms with Crippen LogP contribution in [0, 0.1) is 0 Å². The van der Waals surface area contributed by atoms with Gasteiger partial charge in [-0.3, -0.25) is 0 Å². The summed E-state index contributed by atoms with van der Waals surface area (Å²) in [6.45, 7) is 6.51. The molecule has 0 saturated carbocycles. The molecule has 15 heavy (non-hydrogen) atoms.